The molecule has 2 amide bonds. The van der Waals surface area contributed by atoms with E-state index in [9.17, 15) is 14.4 Å². The largest absolute Gasteiger partial charge is 0.460 e. The standard InChI is InChI=1S/C26H30N2O5/c1-19(25(30)27(18-29)33-17-21-11-6-3-7-12-21)28-23-14-8-13-22(23)15-24(28)26(31)32-16-20-9-4-2-5-10-20/h2-7,9-12,18-19,22-24H,8,13-17H2,1H3/t19-,22-,23-,24+/m1/s1. The van der Waals surface area contributed by atoms with Crippen molar-refractivity contribution >= 4 is 18.3 Å². The van der Waals surface area contributed by atoms with Crippen LogP contribution in [0.2, 0.25) is 0 Å². The number of hydrogen-bond donors (Lipinski definition) is 0. The molecule has 33 heavy (non-hydrogen) atoms. The maximum Gasteiger partial charge on any atom is 0.323 e. The Balaban J connectivity index is 1.44. The van der Waals surface area contributed by atoms with E-state index in [1.807, 2.05) is 65.6 Å². The third-order valence-corrected chi connectivity index (χ3v) is 6.71. The average Bonchev–Trinajstić information content (AvgIpc) is 3.45. The summed E-state index contributed by atoms with van der Waals surface area (Å²) in [7, 11) is 0. The summed E-state index contributed by atoms with van der Waals surface area (Å²) in [6.45, 7) is 2.04. The van der Waals surface area contributed by atoms with Gasteiger partial charge in [-0.15, -0.1) is 0 Å². The predicted molar refractivity (Wildman–Crippen MR) is 121 cm³/mol. The molecule has 2 aromatic carbocycles. The highest BCUT2D eigenvalue weighted by Gasteiger charge is 2.50. The molecule has 0 spiro atoms. The number of carbonyl (C=O) groups excluding carboxylic acids is 3. The van der Waals surface area contributed by atoms with Crippen molar-refractivity contribution in [2.24, 2.45) is 5.92 Å². The lowest BCUT2D eigenvalue weighted by atomic mass is 10.0. The molecular formula is C26H30N2O5. The summed E-state index contributed by atoms with van der Waals surface area (Å²) in [6, 6.07) is 17.8. The third kappa shape index (κ3) is 5.31. The summed E-state index contributed by atoms with van der Waals surface area (Å²) in [5.74, 6) is -0.449. The maximum atomic E-state index is 13.2. The molecule has 1 saturated carbocycles. The lowest BCUT2D eigenvalue weighted by molar-refractivity contribution is -0.194. The number of imide groups is 1. The minimum absolute atomic E-state index is 0.104. The number of ether oxygens (including phenoxy) is 1. The molecule has 0 aromatic heterocycles. The quantitative estimate of drug-likeness (QED) is 0.331. The lowest BCUT2D eigenvalue weighted by Gasteiger charge is -2.34. The molecule has 2 aliphatic rings. The number of hydrogen-bond acceptors (Lipinski definition) is 6. The predicted octanol–water partition coefficient (Wildman–Crippen LogP) is 3.48. The molecule has 1 aliphatic carbocycles. The Morgan fingerprint density at radius 2 is 1.67 bits per heavy atom. The second-order valence-corrected chi connectivity index (χ2v) is 8.75. The molecule has 0 N–H and O–H groups in total. The zero-order valence-corrected chi connectivity index (χ0v) is 18.8. The number of fused-ring (bicyclic) bond motifs is 1. The van der Waals surface area contributed by atoms with E-state index in [4.69, 9.17) is 9.57 Å². The summed E-state index contributed by atoms with van der Waals surface area (Å²) < 4.78 is 5.62. The van der Waals surface area contributed by atoms with E-state index in [1.165, 1.54) is 0 Å². The Labute approximate surface area is 194 Å². The van der Waals surface area contributed by atoms with Crippen molar-refractivity contribution in [1.82, 2.24) is 9.96 Å². The lowest BCUT2D eigenvalue weighted by Crippen LogP contribution is -2.53. The topological polar surface area (TPSA) is 76.2 Å². The van der Waals surface area contributed by atoms with Crippen LogP contribution in [0.25, 0.3) is 0 Å². The number of nitrogens with zero attached hydrogens (tertiary/aromatic N) is 2. The van der Waals surface area contributed by atoms with Crippen LogP contribution in [0.3, 0.4) is 0 Å². The van der Waals surface area contributed by atoms with Crippen molar-refractivity contribution in [3.8, 4) is 0 Å². The Kier molecular flexibility index (Phi) is 7.52. The number of amides is 2. The number of benzene rings is 2. The molecular weight excluding hydrogens is 420 g/mol. The summed E-state index contributed by atoms with van der Waals surface area (Å²) in [4.78, 5) is 45.4. The SMILES string of the molecule is C[C@H](C(=O)N(C=O)OCc1ccccc1)N1[C@@H]2CCC[C@@H]2C[C@H]1C(=O)OCc1ccccc1. The smallest absolute Gasteiger partial charge is 0.323 e. The highest BCUT2D eigenvalue weighted by Crippen LogP contribution is 2.43. The Morgan fingerprint density at radius 3 is 2.30 bits per heavy atom. The normalized spacial score (nSPS) is 23.0. The number of hydroxylamine groups is 2. The molecule has 0 bridgehead atoms. The highest BCUT2D eigenvalue weighted by atomic mass is 16.7. The van der Waals surface area contributed by atoms with Gasteiger partial charge in [-0.3, -0.25) is 24.1 Å². The van der Waals surface area contributed by atoms with Crippen LogP contribution < -0.4 is 0 Å². The molecule has 0 unspecified atom stereocenters. The van der Waals surface area contributed by atoms with Crippen LogP contribution in [0.1, 0.15) is 43.7 Å². The van der Waals surface area contributed by atoms with E-state index >= 15 is 0 Å². The zero-order chi connectivity index (χ0) is 23.2. The van der Waals surface area contributed by atoms with Gasteiger partial charge in [-0.05, 0) is 43.2 Å². The van der Waals surface area contributed by atoms with Crippen LogP contribution in [-0.2, 0) is 37.2 Å². The van der Waals surface area contributed by atoms with Crippen molar-refractivity contribution in [2.75, 3.05) is 0 Å². The minimum Gasteiger partial charge on any atom is -0.460 e. The summed E-state index contributed by atoms with van der Waals surface area (Å²) >= 11 is 0. The average molecular weight is 451 g/mol. The first-order chi connectivity index (χ1) is 16.1. The minimum atomic E-state index is -0.687. The first-order valence-corrected chi connectivity index (χ1v) is 11.5. The second kappa shape index (κ2) is 10.7. The second-order valence-electron chi connectivity index (χ2n) is 8.75. The van der Waals surface area contributed by atoms with Gasteiger partial charge < -0.3 is 4.74 Å². The van der Waals surface area contributed by atoms with E-state index in [0.717, 1.165) is 35.5 Å². The number of esters is 1. The molecule has 174 valence electrons. The molecule has 7 nitrogen and oxygen atoms in total. The maximum absolute atomic E-state index is 13.2. The van der Waals surface area contributed by atoms with Crippen molar-refractivity contribution in [3.05, 3.63) is 71.8 Å². The Bertz CT molecular complexity index is 952. The van der Waals surface area contributed by atoms with Crippen molar-refractivity contribution in [3.63, 3.8) is 0 Å². The van der Waals surface area contributed by atoms with Crippen molar-refractivity contribution in [2.45, 2.75) is 63.9 Å². The summed E-state index contributed by atoms with van der Waals surface area (Å²) in [5, 5.41) is 0.756. The monoisotopic (exact) mass is 450 g/mol. The molecule has 0 radical (unpaired) electrons. The fraction of sp³-hybridized carbons (Fsp3) is 0.423. The van der Waals surface area contributed by atoms with Crippen LogP contribution >= 0.6 is 0 Å². The van der Waals surface area contributed by atoms with Gasteiger partial charge in [0.1, 0.15) is 19.3 Å². The Morgan fingerprint density at radius 1 is 1.03 bits per heavy atom. The van der Waals surface area contributed by atoms with Crippen LogP contribution in [0.5, 0.6) is 0 Å². The van der Waals surface area contributed by atoms with E-state index < -0.39 is 18.0 Å². The number of likely N-dealkylation sites (tertiary alicyclic amines) is 1. The van der Waals surface area contributed by atoms with Crippen LogP contribution in [0.4, 0.5) is 0 Å². The van der Waals surface area contributed by atoms with Crippen molar-refractivity contribution in [1.29, 1.82) is 0 Å². The van der Waals surface area contributed by atoms with E-state index in [1.54, 1.807) is 6.92 Å². The number of carbonyl (C=O) groups is 3. The summed E-state index contributed by atoms with van der Waals surface area (Å²) in [5.41, 5.74) is 1.77. The highest BCUT2D eigenvalue weighted by molar-refractivity contribution is 5.89. The molecule has 4 atom stereocenters. The van der Waals surface area contributed by atoms with Gasteiger partial charge in [0.25, 0.3) is 5.91 Å². The fourth-order valence-electron chi connectivity index (χ4n) is 5.10. The molecule has 2 aromatic rings. The van der Waals surface area contributed by atoms with Gasteiger partial charge in [-0.25, -0.2) is 0 Å². The first-order valence-electron chi connectivity index (χ1n) is 11.5. The van der Waals surface area contributed by atoms with Gasteiger partial charge in [0, 0.05) is 6.04 Å². The molecule has 1 saturated heterocycles. The van der Waals surface area contributed by atoms with E-state index in [2.05, 4.69) is 0 Å². The van der Waals surface area contributed by atoms with Crippen LogP contribution in [0.15, 0.2) is 60.7 Å². The fourth-order valence-corrected chi connectivity index (χ4v) is 5.10. The van der Waals surface area contributed by atoms with Crippen molar-refractivity contribution < 1.29 is 24.0 Å². The van der Waals surface area contributed by atoms with E-state index in [-0.39, 0.29) is 25.2 Å². The van der Waals surface area contributed by atoms with Gasteiger partial charge in [0.05, 0.1) is 6.04 Å². The molecule has 7 heteroatoms. The Hall–Kier alpha value is -3.03. The molecule has 1 aliphatic heterocycles. The van der Waals surface area contributed by atoms with Gasteiger partial charge in [-0.2, -0.15) is 5.06 Å². The van der Waals surface area contributed by atoms with Gasteiger partial charge >= 0.3 is 5.97 Å². The van der Waals surface area contributed by atoms with Gasteiger partial charge in [-0.1, -0.05) is 67.1 Å². The van der Waals surface area contributed by atoms with Crippen LogP contribution in [-0.4, -0.2) is 46.4 Å². The number of rotatable bonds is 9. The van der Waals surface area contributed by atoms with Gasteiger partial charge in [0.15, 0.2) is 0 Å². The molecule has 2 fully saturated rings. The van der Waals surface area contributed by atoms with Crippen LogP contribution in [0, 0.1) is 5.92 Å². The first kappa shape index (κ1) is 23.1. The van der Waals surface area contributed by atoms with Gasteiger partial charge in [0.2, 0.25) is 6.41 Å². The van der Waals surface area contributed by atoms with E-state index in [0.29, 0.717) is 18.7 Å². The zero-order valence-electron chi connectivity index (χ0n) is 18.8. The summed E-state index contributed by atoms with van der Waals surface area (Å²) in [6.07, 6.45) is 4.10. The molecule has 1 heterocycles. The molecule has 4 rings (SSSR count). The third-order valence-electron chi connectivity index (χ3n) is 6.71.